The summed E-state index contributed by atoms with van der Waals surface area (Å²) in [5.74, 6) is 0. The van der Waals surface area contributed by atoms with E-state index >= 15 is 0 Å². The molecular formula is C13H22N2. The summed E-state index contributed by atoms with van der Waals surface area (Å²) in [6.45, 7) is 8.48. The molecule has 0 saturated heterocycles. The van der Waals surface area contributed by atoms with Gasteiger partial charge in [-0.3, -0.25) is 0 Å². The molecule has 15 heavy (non-hydrogen) atoms. The highest BCUT2D eigenvalue weighted by atomic mass is 15.0. The second-order valence-corrected chi connectivity index (χ2v) is 4.39. The zero-order valence-electron chi connectivity index (χ0n) is 10.1. The molecule has 84 valence electrons. The summed E-state index contributed by atoms with van der Waals surface area (Å²) in [6, 6.07) is 9.33. The van der Waals surface area contributed by atoms with Crippen molar-refractivity contribution >= 4 is 0 Å². The van der Waals surface area contributed by atoms with E-state index in [2.05, 4.69) is 50.4 Å². The normalized spacial score (nSPS) is 17.1. The monoisotopic (exact) mass is 206 g/mol. The minimum atomic E-state index is 0.177. The van der Waals surface area contributed by atoms with Crippen molar-refractivity contribution in [1.29, 1.82) is 0 Å². The molecule has 1 aromatic carbocycles. The highest BCUT2D eigenvalue weighted by molar-refractivity contribution is 5.28. The van der Waals surface area contributed by atoms with E-state index in [9.17, 15) is 0 Å². The van der Waals surface area contributed by atoms with Crippen molar-refractivity contribution in [3.05, 3.63) is 35.4 Å². The summed E-state index contributed by atoms with van der Waals surface area (Å²) in [7, 11) is 0. The van der Waals surface area contributed by atoms with Gasteiger partial charge in [-0.05, 0) is 38.8 Å². The lowest BCUT2D eigenvalue weighted by Crippen LogP contribution is -2.42. The van der Waals surface area contributed by atoms with Crippen LogP contribution >= 0.6 is 0 Å². The number of nitrogens with one attached hydrogen (secondary N) is 1. The average Bonchev–Trinajstić information content (AvgIpc) is 2.18. The van der Waals surface area contributed by atoms with Crippen molar-refractivity contribution in [2.75, 3.05) is 0 Å². The maximum absolute atomic E-state index is 5.84. The number of hydrogen-bond donors (Lipinski definition) is 2. The Morgan fingerprint density at radius 2 is 1.73 bits per heavy atom. The summed E-state index contributed by atoms with van der Waals surface area (Å²) in [6.07, 6.45) is 0. The number of aryl methyl sites for hydroxylation is 1. The standard InChI is InChI=1S/C13H22N2/c1-9-7-5-6-8-13(9)12(4)15-11(3)10(2)14/h5-8,10-12,15H,14H2,1-4H3. The molecule has 2 heteroatoms. The van der Waals surface area contributed by atoms with Gasteiger partial charge in [0.25, 0.3) is 0 Å². The predicted octanol–water partition coefficient (Wildman–Crippen LogP) is 2.38. The molecule has 0 amide bonds. The maximum Gasteiger partial charge on any atom is 0.0297 e. The van der Waals surface area contributed by atoms with Crippen LogP contribution in [0.3, 0.4) is 0 Å². The third kappa shape index (κ3) is 3.33. The van der Waals surface area contributed by atoms with E-state index in [0.29, 0.717) is 12.1 Å². The van der Waals surface area contributed by atoms with Gasteiger partial charge in [0, 0.05) is 18.1 Å². The lowest BCUT2D eigenvalue weighted by atomic mass is 10.0. The largest absolute Gasteiger partial charge is 0.327 e. The van der Waals surface area contributed by atoms with Crippen LogP contribution in [0.15, 0.2) is 24.3 Å². The van der Waals surface area contributed by atoms with Crippen LogP contribution < -0.4 is 11.1 Å². The van der Waals surface area contributed by atoms with E-state index in [4.69, 9.17) is 5.73 Å². The molecule has 0 fully saturated rings. The Morgan fingerprint density at radius 1 is 1.13 bits per heavy atom. The van der Waals surface area contributed by atoms with Gasteiger partial charge >= 0.3 is 0 Å². The second-order valence-electron chi connectivity index (χ2n) is 4.39. The molecule has 1 aromatic rings. The van der Waals surface area contributed by atoms with Gasteiger partial charge in [0.2, 0.25) is 0 Å². The Morgan fingerprint density at radius 3 is 2.27 bits per heavy atom. The Balaban J connectivity index is 2.69. The second kappa shape index (κ2) is 5.29. The van der Waals surface area contributed by atoms with Gasteiger partial charge in [-0.15, -0.1) is 0 Å². The first kappa shape index (κ1) is 12.2. The molecule has 0 aliphatic heterocycles. The molecule has 3 atom stereocenters. The zero-order valence-corrected chi connectivity index (χ0v) is 10.1. The van der Waals surface area contributed by atoms with Crippen LogP contribution in [0.25, 0.3) is 0 Å². The van der Waals surface area contributed by atoms with Crippen molar-refractivity contribution in [2.45, 2.75) is 45.8 Å². The molecule has 3 N–H and O–H groups in total. The molecule has 1 rings (SSSR count). The van der Waals surface area contributed by atoms with Crippen molar-refractivity contribution in [2.24, 2.45) is 5.73 Å². The minimum absolute atomic E-state index is 0.177. The van der Waals surface area contributed by atoms with Gasteiger partial charge in [-0.1, -0.05) is 24.3 Å². The Hall–Kier alpha value is -0.860. The lowest BCUT2D eigenvalue weighted by molar-refractivity contribution is 0.429. The highest BCUT2D eigenvalue weighted by Crippen LogP contribution is 2.17. The topological polar surface area (TPSA) is 38.0 Å². The fraction of sp³-hybridized carbons (Fsp3) is 0.538. The summed E-state index contributed by atoms with van der Waals surface area (Å²) in [5, 5.41) is 3.51. The minimum Gasteiger partial charge on any atom is -0.327 e. The highest BCUT2D eigenvalue weighted by Gasteiger charge is 2.13. The van der Waals surface area contributed by atoms with E-state index in [0.717, 1.165) is 0 Å². The van der Waals surface area contributed by atoms with E-state index in [-0.39, 0.29) is 6.04 Å². The van der Waals surface area contributed by atoms with Crippen LogP contribution in [0.2, 0.25) is 0 Å². The first-order valence-electron chi connectivity index (χ1n) is 5.59. The van der Waals surface area contributed by atoms with E-state index in [1.54, 1.807) is 0 Å². The Bertz CT molecular complexity index is 307. The molecule has 2 nitrogen and oxygen atoms in total. The third-order valence-corrected chi connectivity index (χ3v) is 2.96. The first-order chi connectivity index (χ1) is 7.02. The summed E-state index contributed by atoms with van der Waals surface area (Å²) in [4.78, 5) is 0. The summed E-state index contributed by atoms with van der Waals surface area (Å²) < 4.78 is 0. The number of hydrogen-bond acceptors (Lipinski definition) is 2. The first-order valence-corrected chi connectivity index (χ1v) is 5.59. The van der Waals surface area contributed by atoms with Crippen LogP contribution in [0.4, 0.5) is 0 Å². The van der Waals surface area contributed by atoms with E-state index in [1.807, 2.05) is 6.92 Å². The van der Waals surface area contributed by atoms with Gasteiger partial charge in [0.1, 0.15) is 0 Å². The van der Waals surface area contributed by atoms with Crippen LogP contribution in [0.1, 0.15) is 37.9 Å². The molecular weight excluding hydrogens is 184 g/mol. The molecule has 3 unspecified atom stereocenters. The molecule has 0 spiro atoms. The fourth-order valence-electron chi connectivity index (χ4n) is 1.71. The number of benzene rings is 1. The number of nitrogens with two attached hydrogens (primary N) is 1. The predicted molar refractivity (Wildman–Crippen MR) is 65.8 cm³/mol. The van der Waals surface area contributed by atoms with Gasteiger partial charge < -0.3 is 11.1 Å². The molecule has 0 aromatic heterocycles. The Labute approximate surface area is 92.9 Å². The fourth-order valence-corrected chi connectivity index (χ4v) is 1.71. The molecule has 0 bridgehead atoms. The molecule has 0 saturated carbocycles. The van der Waals surface area contributed by atoms with Crippen molar-refractivity contribution < 1.29 is 0 Å². The van der Waals surface area contributed by atoms with Crippen molar-refractivity contribution in [3.8, 4) is 0 Å². The third-order valence-electron chi connectivity index (χ3n) is 2.96. The van der Waals surface area contributed by atoms with Crippen LogP contribution in [0.5, 0.6) is 0 Å². The van der Waals surface area contributed by atoms with Gasteiger partial charge in [0.05, 0.1) is 0 Å². The SMILES string of the molecule is Cc1ccccc1C(C)NC(C)C(C)N. The van der Waals surface area contributed by atoms with Crippen LogP contribution in [-0.4, -0.2) is 12.1 Å². The Kier molecular flexibility index (Phi) is 4.30. The van der Waals surface area contributed by atoms with Gasteiger partial charge in [-0.25, -0.2) is 0 Å². The van der Waals surface area contributed by atoms with Gasteiger partial charge in [-0.2, -0.15) is 0 Å². The molecule has 0 aliphatic rings. The smallest absolute Gasteiger partial charge is 0.0297 e. The zero-order chi connectivity index (χ0) is 11.4. The van der Waals surface area contributed by atoms with Crippen LogP contribution in [0, 0.1) is 6.92 Å². The maximum atomic E-state index is 5.84. The molecule has 0 aliphatic carbocycles. The van der Waals surface area contributed by atoms with E-state index in [1.165, 1.54) is 11.1 Å². The summed E-state index contributed by atoms with van der Waals surface area (Å²) in [5.41, 5.74) is 8.52. The quantitative estimate of drug-likeness (QED) is 0.793. The van der Waals surface area contributed by atoms with Crippen LogP contribution in [-0.2, 0) is 0 Å². The molecule has 0 heterocycles. The summed E-state index contributed by atoms with van der Waals surface area (Å²) >= 11 is 0. The average molecular weight is 206 g/mol. The number of rotatable bonds is 4. The van der Waals surface area contributed by atoms with Gasteiger partial charge in [0.15, 0.2) is 0 Å². The van der Waals surface area contributed by atoms with Crippen molar-refractivity contribution in [1.82, 2.24) is 5.32 Å². The van der Waals surface area contributed by atoms with E-state index < -0.39 is 0 Å². The van der Waals surface area contributed by atoms with Crippen molar-refractivity contribution in [3.63, 3.8) is 0 Å². The molecule has 0 radical (unpaired) electrons. The lowest BCUT2D eigenvalue weighted by Gasteiger charge is -2.24.